The number of hydrogen-bond donors (Lipinski definition) is 1. The number of rotatable bonds is 5. The van der Waals surface area contributed by atoms with Gasteiger partial charge in [-0.2, -0.15) is 0 Å². The molecule has 2 rings (SSSR count). The predicted molar refractivity (Wildman–Crippen MR) is 94.9 cm³/mol. The topological polar surface area (TPSA) is 55.4 Å². The van der Waals surface area contributed by atoms with Crippen molar-refractivity contribution in [3.05, 3.63) is 33.8 Å². The molecule has 1 aromatic carbocycles. The van der Waals surface area contributed by atoms with Gasteiger partial charge in [0.05, 0.1) is 21.4 Å². The van der Waals surface area contributed by atoms with Crippen molar-refractivity contribution in [2.45, 2.75) is 50.4 Å². The highest BCUT2D eigenvalue weighted by Crippen LogP contribution is 2.33. The minimum Gasteiger partial charge on any atom is -0.376 e. The molecular weight excluding hydrogens is 357 g/mol. The minimum atomic E-state index is -3.31. The zero-order valence-corrected chi connectivity index (χ0v) is 15.7. The average Bonchev–Trinajstić information content (AvgIpc) is 2.73. The maximum Gasteiger partial charge on any atom is 0.214 e. The number of nitrogens with one attached hydrogen (secondary N) is 1. The van der Waals surface area contributed by atoms with Crippen molar-refractivity contribution >= 4 is 33.2 Å². The Labute approximate surface area is 148 Å². The smallest absolute Gasteiger partial charge is 0.214 e. The largest absolute Gasteiger partial charge is 0.376 e. The fraction of sp³-hybridized carbons (Fsp3) is 0.625. The molecule has 0 radical (unpaired) electrons. The normalized spacial score (nSPS) is 23.0. The Morgan fingerprint density at radius 1 is 1.26 bits per heavy atom. The second-order valence-corrected chi connectivity index (χ2v) is 9.26. The van der Waals surface area contributed by atoms with Crippen molar-refractivity contribution in [3.8, 4) is 0 Å². The van der Waals surface area contributed by atoms with Crippen LogP contribution >= 0.6 is 23.2 Å². The van der Waals surface area contributed by atoms with Gasteiger partial charge in [0, 0.05) is 19.1 Å². The lowest BCUT2D eigenvalue weighted by Crippen LogP contribution is -2.39. The van der Waals surface area contributed by atoms with Crippen molar-refractivity contribution in [1.29, 1.82) is 0 Å². The standard InChI is InChI=1S/C16H23Cl2NO3S/c1-11(2)23(20,21)19-10-16-13(5-3-4-8-22-16)12-6-7-14(17)15(18)9-12/h6-7,9,11,13,16,19H,3-5,8,10H2,1-2H3/t13-,16+/m0/s1. The van der Waals surface area contributed by atoms with Gasteiger partial charge in [0.25, 0.3) is 0 Å². The van der Waals surface area contributed by atoms with E-state index in [9.17, 15) is 8.42 Å². The van der Waals surface area contributed by atoms with Crippen LogP contribution in [-0.2, 0) is 14.8 Å². The third kappa shape index (κ3) is 5.07. The molecular formula is C16H23Cl2NO3S. The van der Waals surface area contributed by atoms with E-state index in [1.54, 1.807) is 19.9 Å². The average molecular weight is 380 g/mol. The predicted octanol–water partition coefficient (Wildman–Crippen LogP) is 3.97. The van der Waals surface area contributed by atoms with Crippen LogP contribution in [0.4, 0.5) is 0 Å². The zero-order chi connectivity index (χ0) is 17.0. The summed E-state index contributed by atoms with van der Waals surface area (Å²) < 4.78 is 32.6. The first-order valence-electron chi connectivity index (χ1n) is 7.86. The maximum atomic E-state index is 12.0. The first-order chi connectivity index (χ1) is 10.8. The molecule has 0 bridgehead atoms. The van der Waals surface area contributed by atoms with E-state index < -0.39 is 15.3 Å². The molecule has 1 aromatic rings. The summed E-state index contributed by atoms with van der Waals surface area (Å²) in [4.78, 5) is 0. The van der Waals surface area contributed by atoms with Crippen LogP contribution in [0.3, 0.4) is 0 Å². The van der Waals surface area contributed by atoms with Gasteiger partial charge in [-0.3, -0.25) is 0 Å². The summed E-state index contributed by atoms with van der Waals surface area (Å²) in [5.41, 5.74) is 1.04. The number of sulfonamides is 1. The van der Waals surface area contributed by atoms with E-state index in [0.29, 0.717) is 16.7 Å². The van der Waals surface area contributed by atoms with Crippen LogP contribution in [0.1, 0.15) is 44.6 Å². The van der Waals surface area contributed by atoms with Crippen molar-refractivity contribution in [1.82, 2.24) is 4.72 Å². The lowest BCUT2D eigenvalue weighted by atomic mass is 9.89. The minimum absolute atomic E-state index is 0.0992. The number of ether oxygens (including phenoxy) is 1. The Hall–Kier alpha value is -0.330. The molecule has 130 valence electrons. The van der Waals surface area contributed by atoms with Crippen molar-refractivity contribution in [3.63, 3.8) is 0 Å². The summed E-state index contributed by atoms with van der Waals surface area (Å²) in [6.07, 6.45) is 2.75. The third-order valence-corrected chi connectivity index (χ3v) is 6.72. The van der Waals surface area contributed by atoms with Gasteiger partial charge in [-0.25, -0.2) is 13.1 Å². The summed E-state index contributed by atoms with van der Waals surface area (Å²) >= 11 is 12.1. The van der Waals surface area contributed by atoms with Gasteiger partial charge in [-0.05, 0) is 44.4 Å². The third-order valence-electron chi connectivity index (χ3n) is 4.17. The van der Waals surface area contributed by atoms with Gasteiger partial charge in [-0.1, -0.05) is 35.7 Å². The Morgan fingerprint density at radius 3 is 2.65 bits per heavy atom. The van der Waals surface area contributed by atoms with Gasteiger partial charge in [0.15, 0.2) is 0 Å². The molecule has 0 spiro atoms. The monoisotopic (exact) mass is 379 g/mol. The van der Waals surface area contributed by atoms with Gasteiger partial charge < -0.3 is 4.74 Å². The first-order valence-corrected chi connectivity index (χ1v) is 10.2. The Balaban J connectivity index is 2.18. The molecule has 0 aromatic heterocycles. The molecule has 2 atom stereocenters. The van der Waals surface area contributed by atoms with E-state index in [4.69, 9.17) is 27.9 Å². The lowest BCUT2D eigenvalue weighted by Gasteiger charge is -2.26. The molecule has 4 nitrogen and oxygen atoms in total. The summed E-state index contributed by atoms with van der Waals surface area (Å²) in [5.74, 6) is 0.0992. The van der Waals surface area contributed by atoms with Crippen LogP contribution in [0.2, 0.25) is 10.0 Å². The van der Waals surface area contributed by atoms with Gasteiger partial charge in [-0.15, -0.1) is 0 Å². The second-order valence-electron chi connectivity index (χ2n) is 6.13. The molecule has 23 heavy (non-hydrogen) atoms. The Bertz CT molecular complexity index is 634. The molecule has 1 fully saturated rings. The highest BCUT2D eigenvalue weighted by Gasteiger charge is 2.28. The highest BCUT2D eigenvalue weighted by atomic mass is 35.5. The van der Waals surface area contributed by atoms with Gasteiger partial charge in [0.1, 0.15) is 0 Å². The summed E-state index contributed by atoms with van der Waals surface area (Å²) in [5, 5.41) is 0.564. The van der Waals surface area contributed by atoms with Gasteiger partial charge in [0.2, 0.25) is 10.0 Å². The van der Waals surface area contributed by atoms with E-state index >= 15 is 0 Å². The summed E-state index contributed by atoms with van der Waals surface area (Å²) in [6, 6.07) is 5.57. The highest BCUT2D eigenvalue weighted by molar-refractivity contribution is 7.90. The molecule has 1 heterocycles. The fourth-order valence-corrected chi connectivity index (χ4v) is 3.73. The van der Waals surface area contributed by atoms with E-state index in [2.05, 4.69) is 4.72 Å². The van der Waals surface area contributed by atoms with Crippen molar-refractivity contribution in [2.75, 3.05) is 13.2 Å². The first kappa shape index (κ1) is 19.0. The number of hydrogen-bond acceptors (Lipinski definition) is 3. The van der Waals surface area contributed by atoms with Crippen LogP contribution in [0.5, 0.6) is 0 Å². The Kier molecular flexibility index (Phi) is 6.75. The van der Waals surface area contributed by atoms with E-state index in [-0.39, 0.29) is 18.6 Å². The Morgan fingerprint density at radius 2 is 2.00 bits per heavy atom. The quantitative estimate of drug-likeness (QED) is 0.841. The molecule has 1 saturated heterocycles. The molecule has 0 aliphatic carbocycles. The van der Waals surface area contributed by atoms with Crippen LogP contribution in [0.15, 0.2) is 18.2 Å². The lowest BCUT2D eigenvalue weighted by molar-refractivity contribution is 0.0497. The molecule has 0 unspecified atom stereocenters. The second kappa shape index (κ2) is 8.17. The number of benzene rings is 1. The summed E-state index contributed by atoms with van der Waals surface area (Å²) in [6.45, 7) is 4.23. The molecule has 7 heteroatoms. The van der Waals surface area contributed by atoms with E-state index in [1.807, 2.05) is 12.1 Å². The molecule has 0 amide bonds. The van der Waals surface area contributed by atoms with Crippen LogP contribution in [0, 0.1) is 0 Å². The maximum absolute atomic E-state index is 12.0. The SMILES string of the molecule is CC(C)S(=O)(=O)NC[C@H]1OCCCC[C@H]1c1ccc(Cl)c(Cl)c1. The van der Waals surface area contributed by atoms with Crippen LogP contribution in [-0.4, -0.2) is 32.9 Å². The van der Waals surface area contributed by atoms with Crippen molar-refractivity contribution in [2.24, 2.45) is 0 Å². The molecule has 0 saturated carbocycles. The van der Waals surface area contributed by atoms with E-state index in [1.165, 1.54) is 0 Å². The van der Waals surface area contributed by atoms with Crippen LogP contribution < -0.4 is 4.72 Å². The molecule has 1 N–H and O–H groups in total. The van der Waals surface area contributed by atoms with Crippen LogP contribution in [0.25, 0.3) is 0 Å². The van der Waals surface area contributed by atoms with Crippen molar-refractivity contribution < 1.29 is 13.2 Å². The fourth-order valence-electron chi connectivity index (χ4n) is 2.69. The number of halogens is 2. The zero-order valence-electron chi connectivity index (χ0n) is 13.4. The van der Waals surface area contributed by atoms with E-state index in [0.717, 1.165) is 24.8 Å². The summed E-state index contributed by atoms with van der Waals surface area (Å²) in [7, 11) is -3.31. The molecule has 1 aliphatic rings. The van der Waals surface area contributed by atoms with Gasteiger partial charge >= 0.3 is 0 Å². The molecule has 1 aliphatic heterocycles.